The summed E-state index contributed by atoms with van der Waals surface area (Å²) in [6.45, 7) is 4.28. The highest BCUT2D eigenvalue weighted by molar-refractivity contribution is 9.10. The number of benzene rings is 3. The van der Waals surface area contributed by atoms with Crippen molar-refractivity contribution >= 4 is 44.8 Å². The highest BCUT2D eigenvalue weighted by Gasteiger charge is 2.60. The van der Waals surface area contributed by atoms with E-state index in [2.05, 4.69) is 15.9 Å². The number of imide groups is 1. The van der Waals surface area contributed by atoms with Gasteiger partial charge in [0.1, 0.15) is 11.7 Å². The fourth-order valence-electron chi connectivity index (χ4n) is 4.88. The molecule has 202 valence electrons. The summed E-state index contributed by atoms with van der Waals surface area (Å²) in [7, 11) is 0. The van der Waals surface area contributed by atoms with E-state index in [0.29, 0.717) is 28.1 Å². The van der Waals surface area contributed by atoms with Gasteiger partial charge in [0.2, 0.25) is 5.91 Å². The van der Waals surface area contributed by atoms with Crippen molar-refractivity contribution in [2.45, 2.75) is 26.0 Å². The van der Waals surface area contributed by atoms with Crippen LogP contribution in [-0.4, -0.2) is 41.2 Å². The second kappa shape index (κ2) is 10.5. The van der Waals surface area contributed by atoms with Crippen LogP contribution in [0.15, 0.2) is 65.1 Å². The van der Waals surface area contributed by atoms with Gasteiger partial charge in [-0.15, -0.1) is 0 Å². The molecular formula is C27H24BrN3O8. The number of amides is 2. The van der Waals surface area contributed by atoms with Crippen molar-refractivity contribution in [3.63, 3.8) is 0 Å². The summed E-state index contributed by atoms with van der Waals surface area (Å²) >= 11 is 3.34. The van der Waals surface area contributed by atoms with Gasteiger partial charge in [-0.2, -0.15) is 0 Å². The molecule has 2 saturated heterocycles. The van der Waals surface area contributed by atoms with Gasteiger partial charge in [-0.25, -0.2) is 9.96 Å². The molecule has 39 heavy (non-hydrogen) atoms. The van der Waals surface area contributed by atoms with Crippen LogP contribution in [0.2, 0.25) is 0 Å². The lowest BCUT2D eigenvalue weighted by molar-refractivity contribution is -0.384. The molecule has 0 bridgehead atoms. The molecule has 0 aromatic heterocycles. The Morgan fingerprint density at radius 1 is 1.00 bits per heavy atom. The first-order valence-electron chi connectivity index (χ1n) is 12.2. The van der Waals surface area contributed by atoms with Gasteiger partial charge in [-0.1, -0.05) is 12.1 Å². The van der Waals surface area contributed by atoms with E-state index in [1.54, 1.807) is 49.4 Å². The Bertz CT molecular complexity index is 1460. The van der Waals surface area contributed by atoms with Crippen LogP contribution in [-0.2, 0) is 14.4 Å². The van der Waals surface area contributed by atoms with Crippen LogP contribution in [0.3, 0.4) is 0 Å². The lowest BCUT2D eigenvalue weighted by Crippen LogP contribution is -2.37. The van der Waals surface area contributed by atoms with Gasteiger partial charge in [0.05, 0.1) is 40.0 Å². The fraction of sp³-hybridized carbons (Fsp3) is 0.259. The molecule has 0 spiro atoms. The first-order chi connectivity index (χ1) is 18.7. The van der Waals surface area contributed by atoms with E-state index in [1.165, 1.54) is 23.3 Å². The Morgan fingerprint density at radius 2 is 1.72 bits per heavy atom. The molecule has 5 rings (SSSR count). The molecule has 0 radical (unpaired) electrons. The number of hydrogen-bond acceptors (Lipinski definition) is 9. The van der Waals surface area contributed by atoms with Gasteiger partial charge < -0.3 is 14.6 Å². The summed E-state index contributed by atoms with van der Waals surface area (Å²) in [5.74, 6) is -1.52. The van der Waals surface area contributed by atoms with Gasteiger partial charge >= 0.3 is 0 Å². The molecule has 11 nitrogen and oxygen atoms in total. The number of phenols is 1. The smallest absolute Gasteiger partial charge is 0.271 e. The second-order valence-electron chi connectivity index (χ2n) is 8.82. The quantitative estimate of drug-likeness (QED) is 0.218. The van der Waals surface area contributed by atoms with E-state index >= 15 is 0 Å². The third-order valence-corrected chi connectivity index (χ3v) is 7.09. The van der Waals surface area contributed by atoms with Crippen LogP contribution in [0.5, 0.6) is 17.2 Å². The molecule has 0 saturated carbocycles. The number of carbonyl (C=O) groups excluding carboxylic acids is 2. The van der Waals surface area contributed by atoms with Crippen LogP contribution < -0.4 is 19.4 Å². The standard InChI is InChI=1S/C27H24BrN3O8/c1-3-37-19-10-6-7-16(14-19)29-26(33)22-23(15-11-20(28)24(32)21(12-15)38-4-2)30(39-25(22)27(29)34)17-8-5-9-18(13-17)31(35)36/h5-14,22-23,25,32H,3-4H2,1-2H3. The third kappa shape index (κ3) is 4.66. The number of rotatable bonds is 8. The highest BCUT2D eigenvalue weighted by Crippen LogP contribution is 2.50. The number of aromatic hydroxyl groups is 1. The van der Waals surface area contributed by atoms with Gasteiger partial charge in [0, 0.05) is 18.2 Å². The SMILES string of the molecule is CCOc1cccc(N2C(=O)C3ON(c4cccc([N+](=O)[O-])c4)C(c4cc(Br)c(O)c(OCC)c4)C3C2=O)c1. The van der Waals surface area contributed by atoms with E-state index in [-0.39, 0.29) is 29.5 Å². The maximum Gasteiger partial charge on any atom is 0.271 e. The molecule has 0 aliphatic carbocycles. The predicted molar refractivity (Wildman–Crippen MR) is 144 cm³/mol. The Morgan fingerprint density at radius 3 is 2.44 bits per heavy atom. The summed E-state index contributed by atoms with van der Waals surface area (Å²) < 4.78 is 11.4. The summed E-state index contributed by atoms with van der Waals surface area (Å²) in [4.78, 5) is 45.6. The van der Waals surface area contributed by atoms with Crippen molar-refractivity contribution in [2.75, 3.05) is 23.2 Å². The van der Waals surface area contributed by atoms with Gasteiger partial charge in [-0.3, -0.25) is 24.5 Å². The second-order valence-corrected chi connectivity index (χ2v) is 9.68. The van der Waals surface area contributed by atoms with Crippen LogP contribution >= 0.6 is 15.9 Å². The van der Waals surface area contributed by atoms with E-state index in [9.17, 15) is 24.8 Å². The van der Waals surface area contributed by atoms with Crippen LogP contribution in [0.1, 0.15) is 25.5 Å². The van der Waals surface area contributed by atoms with Gasteiger partial charge in [-0.05, 0) is 65.7 Å². The summed E-state index contributed by atoms with van der Waals surface area (Å²) in [6, 6.07) is 14.7. The first-order valence-corrected chi connectivity index (χ1v) is 13.0. The minimum absolute atomic E-state index is 0.124. The molecule has 12 heteroatoms. The van der Waals surface area contributed by atoms with Gasteiger partial charge in [0.15, 0.2) is 17.6 Å². The average Bonchev–Trinajstić information content (AvgIpc) is 3.43. The van der Waals surface area contributed by atoms with Crippen molar-refractivity contribution in [1.82, 2.24) is 0 Å². The number of nitro groups is 1. The molecule has 2 aliphatic heterocycles. The van der Waals surface area contributed by atoms with Crippen molar-refractivity contribution in [2.24, 2.45) is 5.92 Å². The highest BCUT2D eigenvalue weighted by atomic mass is 79.9. The lowest BCUT2D eigenvalue weighted by Gasteiger charge is -2.29. The van der Waals surface area contributed by atoms with Crippen molar-refractivity contribution in [3.05, 3.63) is 80.8 Å². The summed E-state index contributed by atoms with van der Waals surface area (Å²) in [5, 5.41) is 23.3. The molecule has 2 heterocycles. The molecule has 1 N–H and O–H groups in total. The van der Waals surface area contributed by atoms with Crippen LogP contribution in [0.4, 0.5) is 17.1 Å². The Hall–Kier alpha value is -4.16. The minimum Gasteiger partial charge on any atom is -0.503 e. The molecule has 2 fully saturated rings. The number of fused-ring (bicyclic) bond motifs is 1. The minimum atomic E-state index is -1.19. The Kier molecular flexibility index (Phi) is 7.15. The Labute approximate surface area is 231 Å². The maximum absolute atomic E-state index is 13.9. The van der Waals surface area contributed by atoms with Crippen molar-refractivity contribution < 1.29 is 33.9 Å². The Balaban J connectivity index is 1.62. The first kappa shape index (κ1) is 26.4. The zero-order valence-corrected chi connectivity index (χ0v) is 22.5. The molecule has 2 amide bonds. The van der Waals surface area contributed by atoms with Crippen LogP contribution in [0.25, 0.3) is 0 Å². The van der Waals surface area contributed by atoms with Crippen LogP contribution in [0, 0.1) is 16.0 Å². The third-order valence-electron chi connectivity index (χ3n) is 6.49. The average molecular weight is 598 g/mol. The molecule has 3 atom stereocenters. The number of nitrogens with zero attached hydrogens (tertiary/aromatic N) is 3. The van der Waals surface area contributed by atoms with E-state index in [4.69, 9.17) is 14.3 Å². The lowest BCUT2D eigenvalue weighted by atomic mass is 9.90. The number of phenolic OH excluding ortho intramolecular Hbond substituents is 1. The number of non-ortho nitro benzene ring substituents is 1. The summed E-state index contributed by atoms with van der Waals surface area (Å²) in [6.07, 6.45) is -1.19. The number of ether oxygens (including phenoxy) is 2. The monoisotopic (exact) mass is 597 g/mol. The summed E-state index contributed by atoms with van der Waals surface area (Å²) in [5.41, 5.74) is 0.946. The molecule has 3 aromatic rings. The zero-order chi connectivity index (χ0) is 27.8. The largest absolute Gasteiger partial charge is 0.503 e. The zero-order valence-electron chi connectivity index (χ0n) is 20.9. The predicted octanol–water partition coefficient (Wildman–Crippen LogP) is 4.91. The molecule has 3 aromatic carbocycles. The van der Waals surface area contributed by atoms with E-state index < -0.39 is 34.8 Å². The number of anilines is 2. The normalized spacial score (nSPS) is 20.3. The van der Waals surface area contributed by atoms with E-state index in [1.807, 2.05) is 6.92 Å². The van der Waals surface area contributed by atoms with E-state index in [0.717, 1.165) is 4.90 Å². The topological polar surface area (TPSA) is 132 Å². The molecule has 2 aliphatic rings. The van der Waals surface area contributed by atoms with Crippen molar-refractivity contribution in [1.29, 1.82) is 0 Å². The molecular weight excluding hydrogens is 574 g/mol. The van der Waals surface area contributed by atoms with Gasteiger partial charge in [0.25, 0.3) is 11.6 Å². The number of hydrogen-bond donors (Lipinski definition) is 1. The number of nitro benzene ring substituents is 1. The maximum atomic E-state index is 13.9. The number of halogens is 1. The number of carbonyl (C=O) groups is 2. The molecule has 3 unspecified atom stereocenters. The van der Waals surface area contributed by atoms with Crippen molar-refractivity contribution in [3.8, 4) is 17.2 Å². The fourth-order valence-corrected chi connectivity index (χ4v) is 5.34. The number of hydroxylamine groups is 1.